The molecule has 1 aliphatic heterocycles. The van der Waals surface area contributed by atoms with Crippen LogP contribution in [0.4, 0.5) is 0 Å². The van der Waals surface area contributed by atoms with Crippen molar-refractivity contribution < 1.29 is 4.74 Å². The topological polar surface area (TPSA) is 21.3 Å². The van der Waals surface area contributed by atoms with E-state index in [1.807, 2.05) is 0 Å². The van der Waals surface area contributed by atoms with E-state index < -0.39 is 0 Å². The predicted octanol–water partition coefficient (Wildman–Crippen LogP) is 2.33. The lowest BCUT2D eigenvalue weighted by Crippen LogP contribution is -2.44. The summed E-state index contributed by atoms with van der Waals surface area (Å²) in [5.41, 5.74) is 0.589. The van der Waals surface area contributed by atoms with Gasteiger partial charge in [-0.2, -0.15) is 0 Å². The van der Waals surface area contributed by atoms with Gasteiger partial charge in [0.2, 0.25) is 0 Å². The van der Waals surface area contributed by atoms with Crippen molar-refractivity contribution >= 4 is 0 Å². The summed E-state index contributed by atoms with van der Waals surface area (Å²) in [5.74, 6) is 0. The minimum atomic E-state index is 0.397. The molecule has 2 heteroatoms. The van der Waals surface area contributed by atoms with E-state index in [2.05, 4.69) is 26.1 Å². The normalized spacial score (nSPS) is 40.9. The van der Waals surface area contributed by atoms with Gasteiger partial charge < -0.3 is 10.1 Å². The summed E-state index contributed by atoms with van der Waals surface area (Å²) in [6.45, 7) is 7.93. The van der Waals surface area contributed by atoms with Crippen LogP contribution in [0.15, 0.2) is 0 Å². The van der Waals surface area contributed by atoms with Crippen LogP contribution in [0.5, 0.6) is 0 Å². The zero-order chi connectivity index (χ0) is 10.2. The Balaban J connectivity index is 1.75. The summed E-state index contributed by atoms with van der Waals surface area (Å²) in [4.78, 5) is 0. The molecule has 2 aliphatic rings. The molecule has 1 heterocycles. The van der Waals surface area contributed by atoms with Crippen LogP contribution >= 0.6 is 0 Å². The monoisotopic (exact) mass is 197 g/mol. The lowest BCUT2D eigenvalue weighted by molar-refractivity contribution is 0.0575. The maximum Gasteiger partial charge on any atom is 0.0704 e. The molecule has 0 bridgehead atoms. The van der Waals surface area contributed by atoms with E-state index in [1.54, 1.807) is 0 Å². The van der Waals surface area contributed by atoms with Gasteiger partial charge in [-0.05, 0) is 38.5 Å². The summed E-state index contributed by atoms with van der Waals surface area (Å²) in [7, 11) is 0. The van der Waals surface area contributed by atoms with Gasteiger partial charge in [-0.15, -0.1) is 0 Å². The summed E-state index contributed by atoms with van der Waals surface area (Å²) < 4.78 is 5.73. The maximum absolute atomic E-state index is 5.73. The summed E-state index contributed by atoms with van der Waals surface area (Å²) in [6, 6.07) is 0.586. The molecule has 1 saturated carbocycles. The van der Waals surface area contributed by atoms with Crippen molar-refractivity contribution in [3.05, 3.63) is 0 Å². The van der Waals surface area contributed by atoms with Gasteiger partial charge in [-0.3, -0.25) is 0 Å². The van der Waals surface area contributed by atoms with Crippen LogP contribution in [0.3, 0.4) is 0 Å². The van der Waals surface area contributed by atoms with E-state index in [-0.39, 0.29) is 0 Å². The molecule has 1 saturated heterocycles. The Labute approximate surface area is 87.4 Å². The van der Waals surface area contributed by atoms with Crippen LogP contribution in [0, 0.1) is 5.41 Å². The second kappa shape index (κ2) is 3.82. The molecule has 1 N–H and O–H groups in total. The van der Waals surface area contributed by atoms with Crippen molar-refractivity contribution in [2.75, 3.05) is 6.54 Å². The molecule has 1 aliphatic carbocycles. The van der Waals surface area contributed by atoms with E-state index in [9.17, 15) is 0 Å². The first-order valence-corrected chi connectivity index (χ1v) is 5.98. The zero-order valence-corrected chi connectivity index (χ0v) is 9.68. The minimum absolute atomic E-state index is 0.397. The molecule has 2 nitrogen and oxygen atoms in total. The fraction of sp³-hybridized carbons (Fsp3) is 1.00. The summed E-state index contributed by atoms with van der Waals surface area (Å²) >= 11 is 0. The van der Waals surface area contributed by atoms with Crippen LogP contribution in [0.2, 0.25) is 0 Å². The lowest BCUT2D eigenvalue weighted by atomic mass is 9.70. The first-order chi connectivity index (χ1) is 6.59. The van der Waals surface area contributed by atoms with Crippen LogP contribution in [0.25, 0.3) is 0 Å². The summed E-state index contributed by atoms with van der Waals surface area (Å²) in [6.07, 6.45) is 6.24. The molecule has 0 spiro atoms. The number of hydrogen-bond acceptors (Lipinski definition) is 2. The minimum Gasteiger partial charge on any atom is -0.374 e. The Bertz CT molecular complexity index is 200. The highest BCUT2D eigenvalue weighted by molar-refractivity contribution is 4.90. The molecule has 3 atom stereocenters. The standard InChI is InChI=1S/C12H23NO/c1-9-7-11(10(2)14-9)13-8-12(3)5-4-6-12/h9-11,13H,4-8H2,1-3H3. The predicted molar refractivity (Wildman–Crippen MR) is 58.4 cm³/mol. The molecule has 0 aromatic heterocycles. The van der Waals surface area contributed by atoms with Crippen molar-refractivity contribution in [2.45, 2.75) is 64.7 Å². The fourth-order valence-corrected chi connectivity index (χ4v) is 2.65. The van der Waals surface area contributed by atoms with E-state index in [0.717, 1.165) is 0 Å². The van der Waals surface area contributed by atoms with E-state index in [1.165, 1.54) is 32.2 Å². The third-order valence-electron chi connectivity index (χ3n) is 3.95. The molecule has 0 amide bonds. The van der Waals surface area contributed by atoms with E-state index >= 15 is 0 Å². The smallest absolute Gasteiger partial charge is 0.0704 e. The molecule has 2 rings (SSSR count). The first-order valence-electron chi connectivity index (χ1n) is 5.98. The van der Waals surface area contributed by atoms with Gasteiger partial charge in [0.25, 0.3) is 0 Å². The van der Waals surface area contributed by atoms with Gasteiger partial charge in [-0.1, -0.05) is 13.3 Å². The van der Waals surface area contributed by atoms with Gasteiger partial charge in [0.15, 0.2) is 0 Å². The molecule has 0 aromatic rings. The Morgan fingerprint density at radius 1 is 1.36 bits per heavy atom. The van der Waals surface area contributed by atoms with Crippen molar-refractivity contribution in [1.29, 1.82) is 0 Å². The quantitative estimate of drug-likeness (QED) is 0.750. The van der Waals surface area contributed by atoms with Crippen molar-refractivity contribution in [3.8, 4) is 0 Å². The highest BCUT2D eigenvalue weighted by atomic mass is 16.5. The van der Waals surface area contributed by atoms with Crippen molar-refractivity contribution in [3.63, 3.8) is 0 Å². The van der Waals surface area contributed by atoms with Gasteiger partial charge in [-0.25, -0.2) is 0 Å². The SMILES string of the molecule is CC1CC(NCC2(C)CCC2)C(C)O1. The van der Waals surface area contributed by atoms with Crippen LogP contribution in [-0.4, -0.2) is 24.8 Å². The van der Waals surface area contributed by atoms with Gasteiger partial charge in [0.1, 0.15) is 0 Å². The molecular weight excluding hydrogens is 174 g/mol. The third-order valence-corrected chi connectivity index (χ3v) is 3.95. The number of ether oxygens (including phenoxy) is 1. The van der Waals surface area contributed by atoms with Crippen molar-refractivity contribution in [1.82, 2.24) is 5.32 Å². The fourth-order valence-electron chi connectivity index (χ4n) is 2.65. The van der Waals surface area contributed by atoms with Crippen molar-refractivity contribution in [2.24, 2.45) is 5.41 Å². The van der Waals surface area contributed by atoms with Gasteiger partial charge in [0, 0.05) is 12.6 Å². The summed E-state index contributed by atoms with van der Waals surface area (Å²) in [5, 5.41) is 3.68. The second-order valence-electron chi connectivity index (χ2n) is 5.54. The number of nitrogens with one attached hydrogen (secondary N) is 1. The molecular formula is C12H23NO. The molecule has 0 aromatic carbocycles. The number of hydrogen-bond donors (Lipinski definition) is 1. The second-order valence-corrected chi connectivity index (χ2v) is 5.54. The third kappa shape index (κ3) is 2.12. The largest absolute Gasteiger partial charge is 0.374 e. The Morgan fingerprint density at radius 3 is 2.50 bits per heavy atom. The highest BCUT2D eigenvalue weighted by Crippen LogP contribution is 2.39. The highest BCUT2D eigenvalue weighted by Gasteiger charge is 2.35. The Morgan fingerprint density at radius 2 is 2.07 bits per heavy atom. The van der Waals surface area contributed by atoms with E-state index in [0.29, 0.717) is 23.7 Å². The van der Waals surface area contributed by atoms with Gasteiger partial charge in [0.05, 0.1) is 12.2 Å². The molecule has 82 valence electrons. The lowest BCUT2D eigenvalue weighted by Gasteiger charge is -2.39. The van der Waals surface area contributed by atoms with Gasteiger partial charge >= 0.3 is 0 Å². The van der Waals surface area contributed by atoms with Crippen LogP contribution < -0.4 is 5.32 Å². The van der Waals surface area contributed by atoms with Crippen LogP contribution in [0.1, 0.15) is 46.5 Å². The molecule has 2 fully saturated rings. The average molecular weight is 197 g/mol. The van der Waals surface area contributed by atoms with E-state index in [4.69, 9.17) is 4.74 Å². The maximum atomic E-state index is 5.73. The molecule has 3 unspecified atom stereocenters. The molecule has 14 heavy (non-hydrogen) atoms. The zero-order valence-electron chi connectivity index (χ0n) is 9.68. The number of rotatable bonds is 3. The van der Waals surface area contributed by atoms with Crippen LogP contribution in [-0.2, 0) is 4.74 Å². The average Bonchev–Trinajstić information content (AvgIpc) is 2.38. The Hall–Kier alpha value is -0.0800. The molecule has 0 radical (unpaired) electrons. The first kappa shape index (κ1) is 10.4. The Kier molecular flexibility index (Phi) is 2.85.